The number of phenolic OH excluding ortho intramolecular Hbond substituents is 1. The van der Waals surface area contributed by atoms with Crippen LogP contribution in [0, 0.1) is 0 Å². The van der Waals surface area contributed by atoms with Crippen molar-refractivity contribution in [3.8, 4) is 16.9 Å². The zero-order valence-corrected chi connectivity index (χ0v) is 12.2. The summed E-state index contributed by atoms with van der Waals surface area (Å²) in [5, 5.41) is 9.45. The van der Waals surface area contributed by atoms with E-state index in [2.05, 4.69) is 31.2 Å². The fourth-order valence-corrected chi connectivity index (χ4v) is 1.93. The molecule has 0 radical (unpaired) electrons. The number of aryl methyl sites for hydroxylation is 1. The Morgan fingerprint density at radius 2 is 1.58 bits per heavy atom. The predicted octanol–water partition coefficient (Wildman–Crippen LogP) is 5.43. The molecule has 1 N–H and O–H groups in total. The van der Waals surface area contributed by atoms with Crippen molar-refractivity contribution >= 4 is 0 Å². The third-order valence-electron chi connectivity index (χ3n) is 2.95. The van der Waals surface area contributed by atoms with E-state index in [-0.39, 0.29) is 0 Å². The molecule has 2 aromatic rings. The molecule has 102 valence electrons. The van der Waals surface area contributed by atoms with Crippen molar-refractivity contribution < 1.29 is 5.11 Å². The molecule has 0 fully saturated rings. The maximum Gasteiger partial charge on any atom is 0.116 e. The molecule has 2 rings (SSSR count). The van der Waals surface area contributed by atoms with Gasteiger partial charge in [0.2, 0.25) is 0 Å². The van der Waals surface area contributed by atoms with Gasteiger partial charge in [0.25, 0.3) is 0 Å². The largest absolute Gasteiger partial charge is 0.508 e. The standard InChI is InChI=1S/C16H18O.C2H6/c1-2-3-5-13-8-10-14(11-9-13)15-6-4-7-16(17)12-15;1-2/h4,6-12,17H,2-3,5H2,1H3;1-2H3. The van der Waals surface area contributed by atoms with Crippen LogP contribution in [0.15, 0.2) is 48.5 Å². The van der Waals surface area contributed by atoms with Crippen molar-refractivity contribution in [1.29, 1.82) is 0 Å². The fourth-order valence-electron chi connectivity index (χ4n) is 1.93. The first-order valence-corrected chi connectivity index (χ1v) is 7.18. The van der Waals surface area contributed by atoms with Crippen LogP contribution in [-0.4, -0.2) is 5.11 Å². The third kappa shape index (κ3) is 4.78. The maximum atomic E-state index is 9.45. The van der Waals surface area contributed by atoms with Crippen molar-refractivity contribution in [2.24, 2.45) is 0 Å². The first-order chi connectivity index (χ1) is 9.29. The Hall–Kier alpha value is -1.76. The normalized spacial score (nSPS) is 9.63. The van der Waals surface area contributed by atoms with Crippen molar-refractivity contribution in [2.45, 2.75) is 40.0 Å². The van der Waals surface area contributed by atoms with Crippen LogP contribution < -0.4 is 0 Å². The van der Waals surface area contributed by atoms with Gasteiger partial charge in [-0.25, -0.2) is 0 Å². The van der Waals surface area contributed by atoms with Gasteiger partial charge in [0, 0.05) is 0 Å². The van der Waals surface area contributed by atoms with E-state index in [1.807, 2.05) is 26.0 Å². The van der Waals surface area contributed by atoms with Crippen LogP contribution in [0.2, 0.25) is 0 Å². The van der Waals surface area contributed by atoms with Crippen LogP contribution in [0.5, 0.6) is 5.75 Å². The molecular weight excluding hydrogens is 232 g/mol. The molecule has 1 heteroatoms. The van der Waals surface area contributed by atoms with Crippen molar-refractivity contribution in [1.82, 2.24) is 0 Å². The van der Waals surface area contributed by atoms with Crippen molar-refractivity contribution in [3.05, 3.63) is 54.1 Å². The maximum absolute atomic E-state index is 9.45. The summed E-state index contributed by atoms with van der Waals surface area (Å²) >= 11 is 0. The van der Waals surface area contributed by atoms with Crippen LogP contribution >= 0.6 is 0 Å². The second-order valence-corrected chi connectivity index (χ2v) is 4.35. The van der Waals surface area contributed by atoms with Crippen molar-refractivity contribution in [2.75, 3.05) is 0 Å². The monoisotopic (exact) mass is 256 g/mol. The van der Waals surface area contributed by atoms with Gasteiger partial charge in [-0.2, -0.15) is 0 Å². The zero-order valence-electron chi connectivity index (χ0n) is 12.2. The van der Waals surface area contributed by atoms with E-state index >= 15 is 0 Å². The van der Waals surface area contributed by atoms with E-state index in [0.29, 0.717) is 5.75 Å². The second kappa shape index (κ2) is 8.36. The minimum atomic E-state index is 0.317. The second-order valence-electron chi connectivity index (χ2n) is 4.35. The molecule has 2 aromatic carbocycles. The van der Waals surface area contributed by atoms with Gasteiger partial charge >= 0.3 is 0 Å². The Kier molecular flexibility index (Phi) is 6.73. The van der Waals surface area contributed by atoms with E-state index < -0.39 is 0 Å². The highest BCUT2D eigenvalue weighted by atomic mass is 16.3. The number of benzene rings is 2. The lowest BCUT2D eigenvalue weighted by Gasteiger charge is -2.04. The van der Waals surface area contributed by atoms with E-state index in [1.165, 1.54) is 18.4 Å². The lowest BCUT2D eigenvalue weighted by molar-refractivity contribution is 0.475. The molecule has 0 aliphatic rings. The lowest BCUT2D eigenvalue weighted by Crippen LogP contribution is -1.84. The van der Waals surface area contributed by atoms with Gasteiger partial charge in [0.1, 0.15) is 5.75 Å². The van der Waals surface area contributed by atoms with E-state index in [4.69, 9.17) is 0 Å². The predicted molar refractivity (Wildman–Crippen MR) is 83.5 cm³/mol. The molecule has 0 amide bonds. The average Bonchev–Trinajstić information content (AvgIpc) is 2.48. The molecule has 19 heavy (non-hydrogen) atoms. The van der Waals surface area contributed by atoms with Crippen LogP contribution in [0.1, 0.15) is 39.2 Å². The van der Waals surface area contributed by atoms with Gasteiger partial charge in [0.15, 0.2) is 0 Å². The number of unbranched alkanes of at least 4 members (excludes halogenated alkanes) is 1. The zero-order chi connectivity index (χ0) is 14.1. The molecule has 0 atom stereocenters. The number of phenols is 1. The van der Waals surface area contributed by atoms with Gasteiger partial charge in [-0.15, -0.1) is 0 Å². The first kappa shape index (κ1) is 15.3. The molecule has 0 aliphatic heterocycles. The molecule has 0 bridgehead atoms. The SMILES string of the molecule is CC.CCCCc1ccc(-c2cccc(O)c2)cc1. The molecule has 1 nitrogen and oxygen atoms in total. The molecule has 0 saturated carbocycles. The summed E-state index contributed by atoms with van der Waals surface area (Å²) in [6, 6.07) is 16.0. The minimum absolute atomic E-state index is 0.317. The third-order valence-corrected chi connectivity index (χ3v) is 2.95. The molecule has 0 spiro atoms. The Balaban J connectivity index is 0.000000861. The molecule has 0 unspecified atom stereocenters. The van der Waals surface area contributed by atoms with E-state index in [9.17, 15) is 5.11 Å². The number of hydrogen-bond donors (Lipinski definition) is 1. The van der Waals surface area contributed by atoms with Crippen LogP contribution in [-0.2, 0) is 6.42 Å². The molecule has 0 saturated heterocycles. The highest BCUT2D eigenvalue weighted by Gasteiger charge is 1.99. The Labute approximate surface area is 116 Å². The Bertz CT molecular complexity index is 471. The van der Waals surface area contributed by atoms with E-state index in [0.717, 1.165) is 17.5 Å². The minimum Gasteiger partial charge on any atom is -0.508 e. The quantitative estimate of drug-likeness (QED) is 0.773. The highest BCUT2D eigenvalue weighted by Crippen LogP contribution is 2.23. The molecule has 0 heterocycles. The van der Waals surface area contributed by atoms with E-state index in [1.54, 1.807) is 12.1 Å². The summed E-state index contributed by atoms with van der Waals surface area (Å²) in [5.74, 6) is 0.317. The van der Waals surface area contributed by atoms with Crippen LogP contribution in [0.4, 0.5) is 0 Å². The summed E-state index contributed by atoms with van der Waals surface area (Å²) in [4.78, 5) is 0. The van der Waals surface area contributed by atoms with Crippen molar-refractivity contribution in [3.63, 3.8) is 0 Å². The lowest BCUT2D eigenvalue weighted by atomic mass is 10.0. The summed E-state index contributed by atoms with van der Waals surface area (Å²) in [6.45, 7) is 6.21. The van der Waals surface area contributed by atoms with Gasteiger partial charge < -0.3 is 5.11 Å². The number of hydrogen-bond acceptors (Lipinski definition) is 1. The van der Waals surface area contributed by atoms with Gasteiger partial charge in [-0.1, -0.05) is 63.6 Å². The van der Waals surface area contributed by atoms with Gasteiger partial charge in [-0.05, 0) is 41.7 Å². The number of rotatable bonds is 4. The molecule has 0 aromatic heterocycles. The molecular formula is C18H24O. The average molecular weight is 256 g/mol. The summed E-state index contributed by atoms with van der Waals surface area (Å²) in [6.07, 6.45) is 3.62. The highest BCUT2D eigenvalue weighted by molar-refractivity contribution is 5.65. The van der Waals surface area contributed by atoms with Crippen LogP contribution in [0.3, 0.4) is 0 Å². The first-order valence-electron chi connectivity index (χ1n) is 7.18. The van der Waals surface area contributed by atoms with Gasteiger partial charge in [-0.3, -0.25) is 0 Å². The smallest absolute Gasteiger partial charge is 0.116 e. The topological polar surface area (TPSA) is 20.2 Å². The fraction of sp³-hybridized carbons (Fsp3) is 0.333. The summed E-state index contributed by atoms with van der Waals surface area (Å²) < 4.78 is 0. The van der Waals surface area contributed by atoms with Gasteiger partial charge in [0.05, 0.1) is 0 Å². The summed E-state index contributed by atoms with van der Waals surface area (Å²) in [7, 11) is 0. The number of aromatic hydroxyl groups is 1. The summed E-state index contributed by atoms with van der Waals surface area (Å²) in [5.41, 5.74) is 3.60. The Morgan fingerprint density at radius 3 is 2.16 bits per heavy atom. The molecule has 0 aliphatic carbocycles. The van der Waals surface area contributed by atoms with Crippen LogP contribution in [0.25, 0.3) is 11.1 Å². The Morgan fingerprint density at radius 1 is 0.895 bits per heavy atom.